The molecular formula is C17H31NOS. The van der Waals surface area contributed by atoms with Crippen LogP contribution in [0.3, 0.4) is 0 Å². The molecule has 20 heavy (non-hydrogen) atoms. The van der Waals surface area contributed by atoms with Gasteiger partial charge in [-0.05, 0) is 24.2 Å². The van der Waals surface area contributed by atoms with Crippen LogP contribution in [-0.4, -0.2) is 16.4 Å². The van der Waals surface area contributed by atoms with Gasteiger partial charge in [0.15, 0.2) is 0 Å². The lowest BCUT2D eigenvalue weighted by molar-refractivity contribution is -0.118. The minimum absolute atomic E-state index is 0.0666. The summed E-state index contributed by atoms with van der Waals surface area (Å²) in [7, 11) is 0. The Labute approximate surface area is 128 Å². The molecule has 2 fully saturated rings. The van der Waals surface area contributed by atoms with Crippen molar-refractivity contribution >= 4 is 17.7 Å². The normalized spacial score (nSPS) is 33.6. The highest BCUT2D eigenvalue weighted by Crippen LogP contribution is 2.47. The maximum absolute atomic E-state index is 11.8. The number of rotatable bonds is 3. The zero-order valence-electron chi connectivity index (χ0n) is 13.1. The average molecular weight is 298 g/mol. The Kier molecular flexibility index (Phi) is 6.25. The van der Waals surface area contributed by atoms with Gasteiger partial charge >= 0.3 is 0 Å². The summed E-state index contributed by atoms with van der Waals surface area (Å²) in [6.07, 6.45) is 12.1. The first kappa shape index (κ1) is 16.2. The zero-order chi connectivity index (χ0) is 14.5. The van der Waals surface area contributed by atoms with Crippen LogP contribution in [0.1, 0.15) is 71.6 Å². The van der Waals surface area contributed by atoms with E-state index in [4.69, 9.17) is 5.73 Å². The molecule has 3 unspecified atom stereocenters. The molecule has 2 nitrogen and oxygen atoms in total. The molecule has 0 radical (unpaired) electrons. The molecule has 3 heteroatoms. The van der Waals surface area contributed by atoms with Gasteiger partial charge in [0, 0.05) is 5.25 Å². The summed E-state index contributed by atoms with van der Waals surface area (Å²) in [5.74, 6) is 1.87. The summed E-state index contributed by atoms with van der Waals surface area (Å²) in [5, 5.41) is 0.707. The number of thioether (sulfide) groups is 1. The Morgan fingerprint density at radius 1 is 1.05 bits per heavy atom. The van der Waals surface area contributed by atoms with Gasteiger partial charge in [0.2, 0.25) is 5.91 Å². The number of carbonyl (C=O) groups excluding carboxylic acids is 1. The second kappa shape index (κ2) is 7.72. The lowest BCUT2D eigenvalue weighted by Gasteiger charge is -2.26. The lowest BCUT2D eigenvalue weighted by atomic mass is 9.79. The third-order valence-corrected chi connectivity index (χ3v) is 7.21. The summed E-state index contributed by atoms with van der Waals surface area (Å²) < 4.78 is 0. The van der Waals surface area contributed by atoms with Crippen LogP contribution < -0.4 is 5.73 Å². The SMILES string of the molecule is CC(C)C1CC(C2CCCCCCCC2)C(C(N)=O)S1. The first-order valence-corrected chi connectivity index (χ1v) is 9.48. The van der Waals surface area contributed by atoms with E-state index in [2.05, 4.69) is 13.8 Å². The van der Waals surface area contributed by atoms with E-state index in [1.54, 1.807) is 0 Å². The summed E-state index contributed by atoms with van der Waals surface area (Å²) >= 11 is 1.87. The number of amides is 1. The van der Waals surface area contributed by atoms with Crippen molar-refractivity contribution in [3.05, 3.63) is 0 Å². The molecule has 1 saturated carbocycles. The van der Waals surface area contributed by atoms with Gasteiger partial charge in [0.1, 0.15) is 0 Å². The fraction of sp³-hybridized carbons (Fsp3) is 0.941. The maximum atomic E-state index is 11.8. The van der Waals surface area contributed by atoms with Gasteiger partial charge in [0.25, 0.3) is 0 Å². The smallest absolute Gasteiger partial charge is 0.230 e. The summed E-state index contributed by atoms with van der Waals surface area (Å²) in [4.78, 5) is 11.8. The molecule has 1 aliphatic carbocycles. The Bertz CT molecular complexity index is 308. The van der Waals surface area contributed by atoms with Gasteiger partial charge in [-0.15, -0.1) is 11.8 Å². The van der Waals surface area contributed by atoms with E-state index in [0.717, 1.165) is 5.92 Å². The standard InChI is InChI=1S/C17H31NOS/c1-12(2)15-11-14(16(20-15)17(18)19)13-9-7-5-3-4-6-8-10-13/h12-16H,3-11H2,1-2H3,(H2,18,19). The topological polar surface area (TPSA) is 43.1 Å². The lowest BCUT2D eigenvalue weighted by Crippen LogP contribution is -2.33. The van der Waals surface area contributed by atoms with Crippen LogP contribution in [0.15, 0.2) is 0 Å². The van der Waals surface area contributed by atoms with E-state index in [0.29, 0.717) is 17.1 Å². The van der Waals surface area contributed by atoms with E-state index < -0.39 is 0 Å². The molecule has 0 aromatic heterocycles. The van der Waals surface area contributed by atoms with Gasteiger partial charge in [-0.25, -0.2) is 0 Å². The number of nitrogens with two attached hydrogens (primary N) is 1. The molecule has 1 aliphatic heterocycles. The third-order valence-electron chi connectivity index (χ3n) is 5.24. The first-order valence-electron chi connectivity index (χ1n) is 8.54. The highest BCUT2D eigenvalue weighted by molar-refractivity contribution is 8.01. The molecule has 0 spiro atoms. The van der Waals surface area contributed by atoms with E-state index in [1.807, 2.05) is 11.8 Å². The Morgan fingerprint density at radius 2 is 1.60 bits per heavy atom. The molecule has 2 aliphatic rings. The van der Waals surface area contributed by atoms with Gasteiger partial charge < -0.3 is 5.73 Å². The van der Waals surface area contributed by atoms with Crippen LogP contribution in [0.2, 0.25) is 0 Å². The van der Waals surface area contributed by atoms with Crippen LogP contribution in [0, 0.1) is 17.8 Å². The maximum Gasteiger partial charge on any atom is 0.230 e. The van der Waals surface area contributed by atoms with Crippen LogP contribution >= 0.6 is 11.8 Å². The van der Waals surface area contributed by atoms with E-state index in [9.17, 15) is 4.79 Å². The van der Waals surface area contributed by atoms with Crippen molar-refractivity contribution in [2.24, 2.45) is 23.5 Å². The van der Waals surface area contributed by atoms with Gasteiger partial charge in [-0.1, -0.05) is 65.2 Å². The van der Waals surface area contributed by atoms with E-state index >= 15 is 0 Å². The minimum Gasteiger partial charge on any atom is -0.369 e. The predicted octanol–water partition coefficient (Wildman–Crippen LogP) is 4.37. The second-order valence-corrected chi connectivity index (χ2v) is 8.49. The molecule has 0 aromatic rings. The van der Waals surface area contributed by atoms with E-state index in [-0.39, 0.29) is 11.2 Å². The van der Waals surface area contributed by atoms with Gasteiger partial charge in [-0.2, -0.15) is 0 Å². The Balaban J connectivity index is 2.03. The van der Waals surface area contributed by atoms with Crippen molar-refractivity contribution < 1.29 is 4.79 Å². The predicted molar refractivity (Wildman–Crippen MR) is 87.7 cm³/mol. The molecule has 116 valence electrons. The molecule has 3 atom stereocenters. The van der Waals surface area contributed by atoms with Crippen molar-refractivity contribution in [1.82, 2.24) is 0 Å². The molecular weight excluding hydrogens is 266 g/mol. The van der Waals surface area contributed by atoms with Crippen LogP contribution in [-0.2, 0) is 4.79 Å². The van der Waals surface area contributed by atoms with Crippen LogP contribution in [0.25, 0.3) is 0 Å². The average Bonchev–Trinajstić information content (AvgIpc) is 2.88. The molecule has 2 rings (SSSR count). The molecule has 1 heterocycles. The van der Waals surface area contributed by atoms with Gasteiger partial charge in [0.05, 0.1) is 5.25 Å². The van der Waals surface area contributed by atoms with Crippen molar-refractivity contribution in [2.45, 2.75) is 82.1 Å². The number of carbonyl (C=O) groups is 1. The molecule has 1 amide bonds. The fourth-order valence-electron chi connectivity index (χ4n) is 3.98. The minimum atomic E-state index is -0.0666. The first-order chi connectivity index (χ1) is 9.59. The second-order valence-electron chi connectivity index (χ2n) is 7.10. The molecule has 2 N–H and O–H groups in total. The highest BCUT2D eigenvalue weighted by Gasteiger charge is 2.42. The molecule has 0 aromatic carbocycles. The monoisotopic (exact) mass is 297 g/mol. The number of hydrogen-bond donors (Lipinski definition) is 1. The van der Waals surface area contributed by atoms with Crippen LogP contribution in [0.4, 0.5) is 0 Å². The molecule has 0 bridgehead atoms. The zero-order valence-corrected chi connectivity index (χ0v) is 14.0. The fourth-order valence-corrected chi connectivity index (χ4v) is 5.67. The Hall–Kier alpha value is -0.180. The largest absolute Gasteiger partial charge is 0.369 e. The number of hydrogen-bond acceptors (Lipinski definition) is 2. The summed E-state index contributed by atoms with van der Waals surface area (Å²) in [6.45, 7) is 4.56. The van der Waals surface area contributed by atoms with Gasteiger partial charge in [-0.3, -0.25) is 4.79 Å². The quantitative estimate of drug-likeness (QED) is 0.840. The highest BCUT2D eigenvalue weighted by atomic mass is 32.2. The van der Waals surface area contributed by atoms with Crippen LogP contribution in [0.5, 0.6) is 0 Å². The van der Waals surface area contributed by atoms with Crippen molar-refractivity contribution in [3.63, 3.8) is 0 Å². The third kappa shape index (κ3) is 4.16. The Morgan fingerprint density at radius 3 is 2.10 bits per heavy atom. The summed E-state index contributed by atoms with van der Waals surface area (Å²) in [5.41, 5.74) is 5.70. The van der Waals surface area contributed by atoms with Crippen molar-refractivity contribution in [1.29, 1.82) is 0 Å². The van der Waals surface area contributed by atoms with Crippen molar-refractivity contribution in [2.75, 3.05) is 0 Å². The van der Waals surface area contributed by atoms with Crippen molar-refractivity contribution in [3.8, 4) is 0 Å². The molecule has 1 saturated heterocycles. The summed E-state index contributed by atoms with van der Waals surface area (Å²) in [6, 6.07) is 0. The number of primary amides is 1. The van der Waals surface area contributed by atoms with E-state index in [1.165, 1.54) is 57.8 Å².